The molecule has 8 nitrogen and oxygen atoms in total. The lowest BCUT2D eigenvalue weighted by molar-refractivity contribution is -0.115. The lowest BCUT2D eigenvalue weighted by Crippen LogP contribution is -2.31. The topological polar surface area (TPSA) is 104 Å². The van der Waals surface area contributed by atoms with E-state index in [0.29, 0.717) is 47.8 Å². The molecule has 4 rings (SSSR count). The van der Waals surface area contributed by atoms with Crippen LogP contribution >= 0.6 is 0 Å². The molecular weight excluding hydrogens is 394 g/mol. The van der Waals surface area contributed by atoms with Crippen molar-refractivity contribution in [3.63, 3.8) is 0 Å². The fraction of sp³-hybridized carbons (Fsp3) is 0.261. The lowest BCUT2D eigenvalue weighted by Gasteiger charge is -2.28. The summed E-state index contributed by atoms with van der Waals surface area (Å²) < 4.78 is 13.5. The number of aromatic nitrogens is 3. The molecule has 31 heavy (non-hydrogen) atoms. The Morgan fingerprint density at radius 3 is 2.61 bits per heavy atom. The third-order valence-electron chi connectivity index (χ3n) is 5.04. The van der Waals surface area contributed by atoms with Crippen LogP contribution in [0.4, 0.5) is 5.95 Å². The van der Waals surface area contributed by atoms with Crippen molar-refractivity contribution in [1.29, 1.82) is 0 Å². The molecule has 3 aromatic rings. The number of ether oxygens (including phenoxy) is 2. The monoisotopic (exact) mass is 419 g/mol. The number of nitrogens with one attached hydrogen (secondary N) is 1. The van der Waals surface area contributed by atoms with Gasteiger partial charge in [0.05, 0.1) is 12.2 Å². The van der Waals surface area contributed by atoms with Crippen LogP contribution in [0.2, 0.25) is 0 Å². The standard InChI is InChI=1S/C23H25N5O3/c1-4-30-19-12-17(10-11-18(19)31-13-16-8-6-5-7-9-16)21-20(22(24)29)14(2)25-23-26-15(3)27-28(21)23/h5-12,21H,4,13H2,1-3H3,(H2,24,29)(H,25,26,27)/t21-/m1/s1. The van der Waals surface area contributed by atoms with Crippen LogP contribution < -0.4 is 20.5 Å². The fourth-order valence-corrected chi connectivity index (χ4v) is 3.70. The van der Waals surface area contributed by atoms with E-state index in [1.807, 2.05) is 55.5 Å². The summed E-state index contributed by atoms with van der Waals surface area (Å²) in [4.78, 5) is 16.7. The van der Waals surface area contributed by atoms with Crippen LogP contribution in [0, 0.1) is 6.92 Å². The number of carbonyl (C=O) groups is 1. The van der Waals surface area contributed by atoms with Gasteiger partial charge in [-0.2, -0.15) is 10.1 Å². The molecule has 1 aliphatic heterocycles. The molecule has 1 atom stereocenters. The van der Waals surface area contributed by atoms with Gasteiger partial charge in [0.15, 0.2) is 11.5 Å². The summed E-state index contributed by atoms with van der Waals surface area (Å²) in [7, 11) is 0. The highest BCUT2D eigenvalue weighted by Crippen LogP contribution is 2.38. The van der Waals surface area contributed by atoms with Crippen molar-refractivity contribution in [1.82, 2.24) is 14.8 Å². The quantitative estimate of drug-likeness (QED) is 0.609. The van der Waals surface area contributed by atoms with Crippen molar-refractivity contribution in [2.75, 3.05) is 11.9 Å². The number of anilines is 1. The summed E-state index contributed by atoms with van der Waals surface area (Å²) in [6.45, 7) is 6.42. The zero-order valence-corrected chi connectivity index (χ0v) is 17.8. The molecule has 0 spiro atoms. The van der Waals surface area contributed by atoms with Gasteiger partial charge in [0.2, 0.25) is 11.9 Å². The Bertz CT molecular complexity index is 1140. The largest absolute Gasteiger partial charge is 0.490 e. The van der Waals surface area contributed by atoms with Crippen molar-refractivity contribution >= 4 is 11.9 Å². The average molecular weight is 419 g/mol. The SMILES string of the molecule is CCOc1cc([C@@H]2C(C(N)=O)=C(C)Nc3nc(C)nn32)ccc1OCc1ccccc1. The van der Waals surface area contributed by atoms with Gasteiger partial charge in [-0.3, -0.25) is 4.79 Å². The number of hydrogen-bond acceptors (Lipinski definition) is 6. The first-order valence-electron chi connectivity index (χ1n) is 10.1. The van der Waals surface area contributed by atoms with Crippen LogP contribution in [0.5, 0.6) is 11.5 Å². The van der Waals surface area contributed by atoms with Crippen LogP contribution in [0.1, 0.15) is 36.8 Å². The smallest absolute Gasteiger partial charge is 0.248 e. The van der Waals surface area contributed by atoms with Gasteiger partial charge in [-0.15, -0.1) is 0 Å². The molecule has 0 aliphatic carbocycles. The number of primary amides is 1. The van der Waals surface area contributed by atoms with Gasteiger partial charge < -0.3 is 20.5 Å². The van der Waals surface area contributed by atoms with E-state index in [4.69, 9.17) is 15.2 Å². The van der Waals surface area contributed by atoms with Gasteiger partial charge in [-0.05, 0) is 44.0 Å². The average Bonchev–Trinajstić information content (AvgIpc) is 3.12. The molecule has 0 unspecified atom stereocenters. The fourth-order valence-electron chi connectivity index (χ4n) is 3.70. The maximum absolute atomic E-state index is 12.3. The number of hydrogen-bond donors (Lipinski definition) is 2. The highest BCUT2D eigenvalue weighted by molar-refractivity contribution is 5.95. The van der Waals surface area contributed by atoms with Crippen LogP contribution in [0.25, 0.3) is 0 Å². The van der Waals surface area contributed by atoms with E-state index in [9.17, 15) is 4.79 Å². The van der Waals surface area contributed by atoms with Crippen LogP contribution in [0.3, 0.4) is 0 Å². The van der Waals surface area contributed by atoms with Crippen molar-refractivity contribution in [2.45, 2.75) is 33.4 Å². The van der Waals surface area contributed by atoms with Crippen LogP contribution in [-0.2, 0) is 11.4 Å². The number of aryl methyl sites for hydroxylation is 1. The maximum atomic E-state index is 12.3. The zero-order valence-electron chi connectivity index (χ0n) is 17.8. The second-order valence-electron chi connectivity index (χ2n) is 7.27. The molecule has 1 aliphatic rings. The molecule has 0 saturated carbocycles. The Morgan fingerprint density at radius 2 is 1.90 bits per heavy atom. The minimum atomic E-state index is -0.517. The van der Waals surface area contributed by atoms with Gasteiger partial charge in [-0.1, -0.05) is 36.4 Å². The third-order valence-corrected chi connectivity index (χ3v) is 5.04. The molecule has 0 saturated heterocycles. The Labute approximate surface area is 180 Å². The molecule has 2 aromatic carbocycles. The second kappa shape index (κ2) is 8.51. The van der Waals surface area contributed by atoms with Crippen molar-refractivity contribution in [2.24, 2.45) is 5.73 Å². The third kappa shape index (κ3) is 4.09. The van der Waals surface area contributed by atoms with Gasteiger partial charge in [-0.25, -0.2) is 4.68 Å². The number of carbonyl (C=O) groups excluding carboxylic acids is 1. The minimum absolute atomic E-state index is 0.422. The normalized spacial score (nSPS) is 15.3. The highest BCUT2D eigenvalue weighted by Gasteiger charge is 2.33. The molecule has 8 heteroatoms. The summed E-state index contributed by atoms with van der Waals surface area (Å²) in [5.74, 6) is 1.86. The summed E-state index contributed by atoms with van der Waals surface area (Å²) in [5, 5.41) is 7.59. The minimum Gasteiger partial charge on any atom is -0.490 e. The molecule has 3 N–H and O–H groups in total. The number of rotatable bonds is 7. The van der Waals surface area contributed by atoms with Crippen molar-refractivity contribution in [3.8, 4) is 11.5 Å². The Balaban J connectivity index is 1.73. The van der Waals surface area contributed by atoms with Crippen LogP contribution in [-0.4, -0.2) is 27.3 Å². The van der Waals surface area contributed by atoms with E-state index >= 15 is 0 Å². The predicted octanol–water partition coefficient (Wildman–Crippen LogP) is 3.34. The summed E-state index contributed by atoms with van der Waals surface area (Å²) in [6, 6.07) is 15.0. The van der Waals surface area contributed by atoms with Crippen molar-refractivity contribution < 1.29 is 14.3 Å². The predicted molar refractivity (Wildman–Crippen MR) is 117 cm³/mol. The van der Waals surface area contributed by atoms with Crippen LogP contribution in [0.15, 0.2) is 59.8 Å². The number of nitrogens with two attached hydrogens (primary N) is 1. The maximum Gasteiger partial charge on any atom is 0.248 e. The first-order valence-corrected chi connectivity index (χ1v) is 10.1. The van der Waals surface area contributed by atoms with E-state index < -0.39 is 11.9 Å². The molecule has 1 amide bonds. The summed E-state index contributed by atoms with van der Waals surface area (Å²) in [5.41, 5.74) is 8.68. The number of nitrogens with zero attached hydrogens (tertiary/aromatic N) is 3. The second-order valence-corrected chi connectivity index (χ2v) is 7.27. The Kier molecular flexibility index (Phi) is 5.62. The molecule has 0 radical (unpaired) electrons. The molecule has 0 fully saturated rings. The number of benzene rings is 2. The molecule has 0 bridgehead atoms. The van der Waals surface area contributed by atoms with E-state index in [2.05, 4.69) is 15.4 Å². The summed E-state index contributed by atoms with van der Waals surface area (Å²) in [6.07, 6.45) is 0. The molecule has 160 valence electrons. The van der Waals surface area contributed by atoms with Crippen molar-refractivity contribution in [3.05, 3.63) is 76.8 Å². The van der Waals surface area contributed by atoms with E-state index in [0.717, 1.165) is 11.1 Å². The van der Waals surface area contributed by atoms with Gasteiger partial charge in [0.1, 0.15) is 18.5 Å². The Morgan fingerprint density at radius 1 is 1.13 bits per heavy atom. The number of allylic oxidation sites excluding steroid dienone is 1. The molecular formula is C23H25N5O3. The lowest BCUT2D eigenvalue weighted by atomic mass is 9.95. The number of fused-ring (bicyclic) bond motifs is 1. The highest BCUT2D eigenvalue weighted by atomic mass is 16.5. The first kappa shape index (κ1) is 20.5. The van der Waals surface area contributed by atoms with E-state index in [1.165, 1.54) is 0 Å². The Hall–Kier alpha value is -3.81. The van der Waals surface area contributed by atoms with E-state index in [1.54, 1.807) is 18.5 Å². The van der Waals surface area contributed by atoms with E-state index in [-0.39, 0.29) is 0 Å². The molecule has 1 aromatic heterocycles. The summed E-state index contributed by atoms with van der Waals surface area (Å²) >= 11 is 0. The van der Waals surface area contributed by atoms with Gasteiger partial charge in [0.25, 0.3) is 0 Å². The van der Waals surface area contributed by atoms with Gasteiger partial charge >= 0.3 is 0 Å². The zero-order chi connectivity index (χ0) is 22.0. The first-order chi connectivity index (χ1) is 15.0. The number of amides is 1. The van der Waals surface area contributed by atoms with Gasteiger partial charge in [0, 0.05) is 5.70 Å². The molecule has 2 heterocycles.